The van der Waals surface area contributed by atoms with E-state index in [2.05, 4.69) is 89.2 Å². The van der Waals surface area contributed by atoms with Gasteiger partial charge in [0.2, 0.25) is 17.4 Å². The molecule has 5 heterocycles. The number of anilines is 2. The van der Waals surface area contributed by atoms with Crippen molar-refractivity contribution >= 4 is 45.9 Å². The van der Waals surface area contributed by atoms with E-state index in [1.165, 1.54) is 6.07 Å². The van der Waals surface area contributed by atoms with Crippen molar-refractivity contribution in [2.75, 3.05) is 55.6 Å². The SMILES string of the molecule is CC1(C)C(NC(=O)c2ccc(N3CC[C@@](C)(CN4CCN(c5ccc6c(c5)CN([C@H]5CCC(=O)NC5=O)C6=O)CC4)C3)cc2)C(C)(C)C1Oc1ccc(C#N)c2[nH]c(=O)ccc12. The normalized spacial score (nSPS) is 25.6. The number of benzene rings is 3. The van der Waals surface area contributed by atoms with Crippen LogP contribution >= 0.6 is 0 Å². The maximum Gasteiger partial charge on any atom is 0.255 e. The second-order valence-electron chi connectivity index (χ2n) is 19.4. The van der Waals surface area contributed by atoms with E-state index in [1.54, 1.807) is 23.1 Å². The van der Waals surface area contributed by atoms with E-state index in [-0.39, 0.29) is 47.3 Å². The molecule has 1 saturated carbocycles. The molecule has 62 heavy (non-hydrogen) atoms. The summed E-state index contributed by atoms with van der Waals surface area (Å²) in [6.45, 7) is 17.6. The summed E-state index contributed by atoms with van der Waals surface area (Å²) in [5.74, 6) is -0.378. The number of aromatic amines is 1. The van der Waals surface area contributed by atoms with Crippen LogP contribution in [0.15, 0.2) is 71.5 Å². The van der Waals surface area contributed by atoms with Crippen LogP contribution < -0.4 is 30.7 Å². The van der Waals surface area contributed by atoms with E-state index >= 15 is 0 Å². The first-order chi connectivity index (χ1) is 29.5. The first kappa shape index (κ1) is 41.2. The Kier molecular flexibility index (Phi) is 10.2. The summed E-state index contributed by atoms with van der Waals surface area (Å²) in [5.41, 5.74) is 4.18. The van der Waals surface area contributed by atoms with E-state index in [0.717, 1.165) is 69.2 Å². The van der Waals surface area contributed by atoms with Gasteiger partial charge in [0.05, 0.1) is 11.1 Å². The molecule has 3 aromatic carbocycles. The third-order valence-corrected chi connectivity index (χ3v) is 14.2. The number of aromatic nitrogens is 1. The molecule has 1 aromatic heterocycles. The van der Waals surface area contributed by atoms with Gasteiger partial charge in [0.15, 0.2) is 0 Å². The fourth-order valence-corrected chi connectivity index (χ4v) is 11.2. The Morgan fingerprint density at radius 1 is 0.871 bits per heavy atom. The van der Waals surface area contributed by atoms with Crippen LogP contribution in [0.5, 0.6) is 5.75 Å². The van der Waals surface area contributed by atoms with Crippen LogP contribution in [-0.4, -0.2) is 102 Å². The molecular weight excluding hydrogens is 785 g/mol. The second-order valence-corrected chi connectivity index (χ2v) is 19.4. The van der Waals surface area contributed by atoms with Crippen LogP contribution in [0.25, 0.3) is 10.9 Å². The van der Waals surface area contributed by atoms with Crippen LogP contribution in [0.2, 0.25) is 0 Å². The number of amides is 4. The van der Waals surface area contributed by atoms with E-state index in [1.807, 2.05) is 24.3 Å². The summed E-state index contributed by atoms with van der Waals surface area (Å²) in [4.78, 5) is 74.8. The highest BCUT2D eigenvalue weighted by atomic mass is 16.5. The third kappa shape index (κ3) is 7.25. The maximum atomic E-state index is 13.7. The van der Waals surface area contributed by atoms with Crippen LogP contribution in [-0.2, 0) is 16.1 Å². The molecule has 4 fully saturated rings. The highest BCUT2D eigenvalue weighted by Gasteiger charge is 2.64. The minimum Gasteiger partial charge on any atom is -0.488 e. The number of hydrogen-bond donors (Lipinski definition) is 3. The summed E-state index contributed by atoms with van der Waals surface area (Å²) < 4.78 is 6.63. The highest BCUT2D eigenvalue weighted by Crippen LogP contribution is 2.56. The number of pyridine rings is 1. The Morgan fingerprint density at radius 3 is 2.31 bits per heavy atom. The van der Waals surface area contributed by atoms with Gasteiger partial charge in [0, 0.05) is 110 Å². The minimum absolute atomic E-state index is 0.118. The van der Waals surface area contributed by atoms with Gasteiger partial charge in [-0.1, -0.05) is 34.6 Å². The molecule has 4 aromatic rings. The van der Waals surface area contributed by atoms with Crippen molar-refractivity contribution in [3.05, 3.63) is 99.3 Å². The summed E-state index contributed by atoms with van der Waals surface area (Å²) in [6.07, 6.45) is 1.42. The Balaban J connectivity index is 0.768. The molecule has 4 amide bonds. The van der Waals surface area contributed by atoms with Crippen LogP contribution in [0, 0.1) is 27.6 Å². The van der Waals surface area contributed by atoms with Gasteiger partial charge in [-0.05, 0) is 84.5 Å². The van der Waals surface area contributed by atoms with E-state index in [4.69, 9.17) is 4.74 Å². The molecule has 0 radical (unpaired) electrons. The lowest BCUT2D eigenvalue weighted by atomic mass is 9.49. The largest absolute Gasteiger partial charge is 0.488 e. The number of fused-ring (bicyclic) bond motifs is 2. The van der Waals surface area contributed by atoms with E-state index < -0.39 is 22.8 Å². The van der Waals surface area contributed by atoms with Gasteiger partial charge >= 0.3 is 0 Å². The quantitative estimate of drug-likeness (QED) is 0.199. The van der Waals surface area contributed by atoms with Crippen molar-refractivity contribution in [1.82, 2.24) is 25.4 Å². The number of carbonyl (C=O) groups is 4. The van der Waals surface area contributed by atoms with Gasteiger partial charge in [0.25, 0.3) is 11.8 Å². The molecule has 0 bridgehead atoms. The average molecular weight is 839 g/mol. The zero-order valence-corrected chi connectivity index (χ0v) is 36.0. The van der Waals surface area contributed by atoms with Gasteiger partial charge in [-0.25, -0.2) is 0 Å². The molecule has 5 aliphatic rings. The van der Waals surface area contributed by atoms with Crippen molar-refractivity contribution in [1.29, 1.82) is 5.26 Å². The first-order valence-electron chi connectivity index (χ1n) is 21.7. The minimum atomic E-state index is -0.616. The first-order valence-corrected chi connectivity index (χ1v) is 21.7. The van der Waals surface area contributed by atoms with Gasteiger partial charge in [-0.3, -0.25) is 34.2 Å². The molecule has 3 N–H and O–H groups in total. The van der Waals surface area contributed by atoms with Gasteiger partial charge in [0.1, 0.15) is 24.0 Å². The predicted molar refractivity (Wildman–Crippen MR) is 235 cm³/mol. The smallest absolute Gasteiger partial charge is 0.255 e. The lowest BCUT2D eigenvalue weighted by Gasteiger charge is -2.63. The Hall–Kier alpha value is -6.20. The predicted octanol–water partition coefficient (Wildman–Crippen LogP) is 4.81. The molecule has 3 saturated heterocycles. The number of carbonyl (C=O) groups excluding carboxylic acids is 4. The van der Waals surface area contributed by atoms with Gasteiger partial charge in [-0.15, -0.1) is 0 Å². The van der Waals surface area contributed by atoms with Crippen molar-refractivity contribution in [3.8, 4) is 11.8 Å². The molecule has 14 heteroatoms. The topological polar surface area (TPSA) is 171 Å². The fourth-order valence-electron chi connectivity index (χ4n) is 11.2. The highest BCUT2D eigenvalue weighted by molar-refractivity contribution is 6.05. The van der Waals surface area contributed by atoms with Crippen LogP contribution in [0.4, 0.5) is 11.4 Å². The zero-order valence-electron chi connectivity index (χ0n) is 36.0. The molecular formula is C48H54N8O6. The lowest BCUT2D eigenvalue weighted by Crippen LogP contribution is -2.74. The third-order valence-electron chi connectivity index (χ3n) is 14.2. The van der Waals surface area contributed by atoms with E-state index in [9.17, 15) is 29.2 Å². The number of ether oxygens (including phenoxy) is 1. The molecule has 9 rings (SSSR count). The maximum absolute atomic E-state index is 13.7. The molecule has 0 unspecified atom stereocenters. The average Bonchev–Trinajstić information content (AvgIpc) is 3.80. The molecule has 14 nitrogen and oxygen atoms in total. The molecule has 0 spiro atoms. The molecule has 2 atom stereocenters. The number of rotatable bonds is 9. The standard InChI is InChI=1S/C48H54N8O6/c1-46(2)44(47(3,4)45(46)62-37-15-8-30(25-49)40-35(37)13-16-38(57)50-40)52-41(59)29-6-9-32(10-7-29)55-19-18-48(5,28-55)27-53-20-22-54(23-21-53)33-11-12-34-31(24-33)26-56(43(34)61)36-14-17-39(58)51-42(36)60/h6-13,15-16,24,36,44-45H,14,17-23,26-28H2,1-5H3,(H,50,57)(H,52,59)(H,51,58,60)/t36-,44?,45?,48-/m0/s1. The summed E-state index contributed by atoms with van der Waals surface area (Å²) in [7, 11) is 0. The van der Waals surface area contributed by atoms with Crippen molar-refractivity contribution in [3.63, 3.8) is 0 Å². The Morgan fingerprint density at radius 2 is 1.60 bits per heavy atom. The Labute approximate surface area is 361 Å². The summed E-state index contributed by atoms with van der Waals surface area (Å²) in [5, 5.41) is 15.9. The molecule has 4 aliphatic heterocycles. The van der Waals surface area contributed by atoms with Crippen molar-refractivity contribution in [2.45, 2.75) is 78.6 Å². The number of nitrogens with one attached hydrogen (secondary N) is 3. The number of H-pyrrole nitrogens is 1. The summed E-state index contributed by atoms with van der Waals surface area (Å²) in [6, 6.07) is 21.8. The molecule has 1 aliphatic carbocycles. The van der Waals surface area contributed by atoms with Crippen LogP contribution in [0.1, 0.15) is 85.7 Å². The van der Waals surface area contributed by atoms with Crippen LogP contribution in [0.3, 0.4) is 0 Å². The number of nitriles is 1. The number of piperidine rings is 1. The zero-order chi connectivity index (χ0) is 43.7. The lowest BCUT2D eigenvalue weighted by molar-refractivity contribution is -0.163. The fraction of sp³-hybridized carbons (Fsp3) is 0.458. The van der Waals surface area contributed by atoms with Crippen molar-refractivity contribution in [2.24, 2.45) is 16.2 Å². The van der Waals surface area contributed by atoms with Gasteiger partial charge < -0.3 is 29.7 Å². The monoisotopic (exact) mass is 838 g/mol. The second kappa shape index (κ2) is 15.3. The number of piperazine rings is 1. The van der Waals surface area contributed by atoms with Gasteiger partial charge in [-0.2, -0.15) is 5.26 Å². The number of imide groups is 1. The number of nitrogens with zero attached hydrogens (tertiary/aromatic N) is 5. The summed E-state index contributed by atoms with van der Waals surface area (Å²) >= 11 is 0. The van der Waals surface area contributed by atoms with Crippen molar-refractivity contribution < 1.29 is 23.9 Å². The van der Waals surface area contributed by atoms with E-state index in [0.29, 0.717) is 46.3 Å². The Bertz CT molecular complexity index is 2570. The number of hydrogen-bond acceptors (Lipinski definition) is 10. The molecule has 322 valence electrons.